The second-order valence-electron chi connectivity index (χ2n) is 4.10. The zero-order chi connectivity index (χ0) is 11.5. The molecule has 1 aromatic rings. The van der Waals surface area contributed by atoms with E-state index >= 15 is 0 Å². The van der Waals surface area contributed by atoms with Crippen LogP contribution in [-0.4, -0.2) is 35.6 Å². The van der Waals surface area contributed by atoms with Gasteiger partial charge in [-0.3, -0.25) is 5.41 Å². The Morgan fingerprint density at radius 2 is 2.44 bits per heavy atom. The highest BCUT2D eigenvalue weighted by Gasteiger charge is 2.22. The fourth-order valence-corrected chi connectivity index (χ4v) is 1.92. The molecule has 2 rings (SSSR count). The van der Waals surface area contributed by atoms with Crippen molar-refractivity contribution in [2.45, 2.75) is 6.42 Å². The summed E-state index contributed by atoms with van der Waals surface area (Å²) in [6, 6.07) is 3.67. The number of nitrogens with one attached hydrogen (secondary N) is 1. The topological polar surface area (TPSA) is 86.2 Å². The van der Waals surface area contributed by atoms with Crippen LogP contribution < -0.4 is 10.6 Å². The smallest absolute Gasteiger partial charge is 0.128 e. The lowest BCUT2D eigenvalue weighted by Crippen LogP contribution is -2.22. The molecule has 1 aliphatic rings. The Morgan fingerprint density at radius 3 is 2.94 bits per heavy atom. The lowest BCUT2D eigenvalue weighted by atomic mass is 10.1. The minimum Gasteiger partial charge on any atom is -0.396 e. The van der Waals surface area contributed by atoms with Gasteiger partial charge in [0.15, 0.2) is 0 Å². The number of aliphatic hydroxyl groups excluding tert-OH is 1. The number of hydrogen-bond donors (Lipinski definition) is 3. The zero-order valence-electron chi connectivity index (χ0n) is 9.06. The number of nitrogens with zero attached hydrogens (tertiary/aromatic N) is 2. The molecule has 86 valence electrons. The van der Waals surface area contributed by atoms with Crippen molar-refractivity contribution in [1.82, 2.24) is 4.98 Å². The lowest BCUT2D eigenvalue weighted by Gasteiger charge is -2.17. The molecule has 5 nitrogen and oxygen atoms in total. The van der Waals surface area contributed by atoms with E-state index in [1.165, 1.54) is 0 Å². The van der Waals surface area contributed by atoms with Crippen molar-refractivity contribution < 1.29 is 5.11 Å². The fraction of sp³-hybridized carbons (Fsp3) is 0.455. The van der Waals surface area contributed by atoms with Gasteiger partial charge < -0.3 is 15.7 Å². The number of hydrogen-bond acceptors (Lipinski definition) is 4. The van der Waals surface area contributed by atoms with E-state index in [4.69, 9.17) is 16.2 Å². The maximum atomic E-state index is 9.06. The maximum absolute atomic E-state index is 9.06. The van der Waals surface area contributed by atoms with Crippen LogP contribution in [0.25, 0.3) is 0 Å². The van der Waals surface area contributed by atoms with Crippen LogP contribution in [0, 0.1) is 11.3 Å². The van der Waals surface area contributed by atoms with Crippen molar-refractivity contribution in [1.29, 1.82) is 5.41 Å². The summed E-state index contributed by atoms with van der Waals surface area (Å²) in [5.74, 6) is 1.28. The van der Waals surface area contributed by atoms with Gasteiger partial charge in [-0.2, -0.15) is 0 Å². The van der Waals surface area contributed by atoms with Gasteiger partial charge in [-0.1, -0.05) is 0 Å². The fourth-order valence-electron chi connectivity index (χ4n) is 1.92. The molecule has 0 aliphatic carbocycles. The third-order valence-electron chi connectivity index (χ3n) is 2.93. The van der Waals surface area contributed by atoms with Crippen LogP contribution in [0.2, 0.25) is 0 Å². The van der Waals surface area contributed by atoms with Crippen molar-refractivity contribution >= 4 is 11.7 Å². The normalized spacial score (nSPS) is 20.1. The highest BCUT2D eigenvalue weighted by atomic mass is 16.3. The van der Waals surface area contributed by atoms with E-state index < -0.39 is 0 Å². The first-order valence-electron chi connectivity index (χ1n) is 5.37. The number of aliphatic hydroxyl groups is 1. The van der Waals surface area contributed by atoms with Crippen LogP contribution >= 0.6 is 0 Å². The molecule has 1 unspecified atom stereocenters. The van der Waals surface area contributed by atoms with Gasteiger partial charge in [-0.05, 0) is 18.6 Å². The molecule has 0 amide bonds. The van der Waals surface area contributed by atoms with Crippen molar-refractivity contribution in [3.8, 4) is 0 Å². The van der Waals surface area contributed by atoms with Gasteiger partial charge in [-0.15, -0.1) is 0 Å². The molecule has 4 N–H and O–H groups in total. The van der Waals surface area contributed by atoms with Crippen LogP contribution in [0.15, 0.2) is 18.3 Å². The minimum absolute atomic E-state index is 0.0358. The summed E-state index contributed by atoms with van der Waals surface area (Å²) >= 11 is 0. The number of aromatic nitrogens is 1. The SMILES string of the molecule is N=C(N)c1ccc(N2CCC(CO)C2)nc1. The first-order valence-corrected chi connectivity index (χ1v) is 5.37. The minimum atomic E-state index is 0.0358. The summed E-state index contributed by atoms with van der Waals surface area (Å²) in [5, 5.41) is 16.3. The molecule has 2 heterocycles. The standard InChI is InChI=1S/C11H16N4O/c12-11(13)9-1-2-10(14-5-9)15-4-3-8(6-15)7-16/h1-2,5,8,16H,3-4,6-7H2,(H3,12,13). The van der Waals surface area contributed by atoms with Gasteiger partial charge in [0, 0.05) is 37.4 Å². The largest absolute Gasteiger partial charge is 0.396 e. The predicted octanol–water partition coefficient (Wildman–Crippen LogP) is 0.184. The molecule has 0 aromatic carbocycles. The van der Waals surface area contributed by atoms with E-state index in [1.807, 2.05) is 6.07 Å². The second kappa shape index (κ2) is 4.49. The maximum Gasteiger partial charge on any atom is 0.128 e. The quantitative estimate of drug-likeness (QED) is 0.501. The van der Waals surface area contributed by atoms with Crippen molar-refractivity contribution in [2.75, 3.05) is 24.6 Å². The van der Waals surface area contributed by atoms with Gasteiger partial charge in [0.2, 0.25) is 0 Å². The number of nitrogens with two attached hydrogens (primary N) is 1. The number of anilines is 1. The Bertz CT molecular complexity index is 376. The van der Waals surface area contributed by atoms with Gasteiger partial charge in [0.1, 0.15) is 11.7 Å². The van der Waals surface area contributed by atoms with E-state index in [9.17, 15) is 0 Å². The van der Waals surface area contributed by atoms with Gasteiger partial charge in [-0.25, -0.2) is 4.98 Å². The molecule has 1 aromatic heterocycles. The third-order valence-corrected chi connectivity index (χ3v) is 2.93. The molecule has 1 saturated heterocycles. The van der Waals surface area contributed by atoms with E-state index in [2.05, 4.69) is 9.88 Å². The van der Waals surface area contributed by atoms with Crippen molar-refractivity contribution in [3.05, 3.63) is 23.9 Å². The van der Waals surface area contributed by atoms with Crippen LogP contribution in [0.5, 0.6) is 0 Å². The average molecular weight is 220 g/mol. The van der Waals surface area contributed by atoms with Gasteiger partial charge in [0.05, 0.1) is 0 Å². The Labute approximate surface area is 94.4 Å². The van der Waals surface area contributed by atoms with E-state index in [0.29, 0.717) is 11.5 Å². The Balaban J connectivity index is 2.08. The first-order chi connectivity index (χ1) is 7.70. The van der Waals surface area contributed by atoms with Crippen LogP contribution in [0.1, 0.15) is 12.0 Å². The van der Waals surface area contributed by atoms with Crippen molar-refractivity contribution in [3.63, 3.8) is 0 Å². The van der Waals surface area contributed by atoms with Gasteiger partial charge >= 0.3 is 0 Å². The number of pyridine rings is 1. The monoisotopic (exact) mass is 220 g/mol. The van der Waals surface area contributed by atoms with E-state index in [-0.39, 0.29) is 12.4 Å². The summed E-state index contributed by atoms with van der Waals surface area (Å²) in [6.45, 7) is 2.02. The molecule has 5 heteroatoms. The lowest BCUT2D eigenvalue weighted by molar-refractivity contribution is 0.238. The summed E-state index contributed by atoms with van der Waals surface area (Å²) in [7, 11) is 0. The Morgan fingerprint density at radius 1 is 1.62 bits per heavy atom. The molecular weight excluding hydrogens is 204 g/mol. The molecule has 1 fully saturated rings. The summed E-state index contributed by atoms with van der Waals surface area (Å²) in [6.07, 6.45) is 2.62. The molecule has 0 saturated carbocycles. The Kier molecular flexibility index (Phi) is 3.05. The number of nitrogen functional groups attached to an aromatic ring is 1. The molecular formula is C11H16N4O. The van der Waals surface area contributed by atoms with Crippen LogP contribution in [0.3, 0.4) is 0 Å². The second-order valence-corrected chi connectivity index (χ2v) is 4.10. The number of rotatable bonds is 3. The highest BCUT2D eigenvalue weighted by Crippen LogP contribution is 2.21. The molecule has 1 aliphatic heterocycles. The average Bonchev–Trinajstić information content (AvgIpc) is 2.77. The third kappa shape index (κ3) is 2.14. The molecule has 0 spiro atoms. The highest BCUT2D eigenvalue weighted by molar-refractivity contribution is 5.94. The van der Waals surface area contributed by atoms with Gasteiger partial charge in [0.25, 0.3) is 0 Å². The number of amidine groups is 1. The Hall–Kier alpha value is -1.62. The zero-order valence-corrected chi connectivity index (χ0v) is 9.06. The van der Waals surface area contributed by atoms with E-state index in [1.54, 1.807) is 12.3 Å². The molecule has 16 heavy (non-hydrogen) atoms. The molecule has 0 bridgehead atoms. The molecule has 0 radical (unpaired) electrons. The van der Waals surface area contributed by atoms with Crippen LogP contribution in [-0.2, 0) is 0 Å². The summed E-state index contributed by atoms with van der Waals surface area (Å²) in [5.41, 5.74) is 6.00. The first kappa shape index (κ1) is 10.9. The summed E-state index contributed by atoms with van der Waals surface area (Å²) in [4.78, 5) is 6.42. The van der Waals surface area contributed by atoms with Crippen molar-refractivity contribution in [2.24, 2.45) is 11.7 Å². The molecule has 1 atom stereocenters. The predicted molar refractivity (Wildman–Crippen MR) is 62.7 cm³/mol. The van der Waals surface area contributed by atoms with E-state index in [0.717, 1.165) is 25.3 Å². The summed E-state index contributed by atoms with van der Waals surface area (Å²) < 4.78 is 0. The van der Waals surface area contributed by atoms with Crippen LogP contribution in [0.4, 0.5) is 5.82 Å².